The Balaban J connectivity index is -0.000000463. The van der Waals surface area contributed by atoms with Crippen LogP contribution in [0.3, 0.4) is 0 Å². The van der Waals surface area contributed by atoms with Crippen LogP contribution in [0, 0.1) is 44.9 Å². The van der Waals surface area contributed by atoms with Crippen LogP contribution in [0.4, 0.5) is 0 Å². The van der Waals surface area contributed by atoms with Gasteiger partial charge in [0.05, 0.1) is 213 Å². The van der Waals surface area contributed by atoms with E-state index in [1.807, 2.05) is 0 Å². The zero-order valence-corrected chi connectivity index (χ0v) is 62.9. The van der Waals surface area contributed by atoms with E-state index in [-0.39, 0.29) is 0 Å². The lowest BCUT2D eigenvalue weighted by molar-refractivity contribution is -0.912. The summed E-state index contributed by atoms with van der Waals surface area (Å²) in [6.07, 6.45) is 34.9. The summed E-state index contributed by atoms with van der Waals surface area (Å²) >= 11 is 0. The van der Waals surface area contributed by atoms with Crippen molar-refractivity contribution in [3.63, 3.8) is 0 Å². The van der Waals surface area contributed by atoms with E-state index in [0.29, 0.717) is 0 Å². The fourth-order valence-electron chi connectivity index (χ4n) is 12.7. The Bertz CT molecular complexity index is 1500. The highest BCUT2D eigenvalue weighted by Crippen LogP contribution is 2.20. The third-order valence-corrected chi connectivity index (χ3v) is 21.7. The van der Waals surface area contributed by atoms with Crippen molar-refractivity contribution in [3.05, 3.63) is 0 Å². The lowest BCUT2D eigenvalue weighted by Crippen LogP contribution is -2.47. The SMILES string of the molecule is CC[N+]1(C)CCCCC1.CC[N+]1(C)CCCCC1.CC[N+]1(C)CCCCC1.CC[N+]1(C)CCCCC1.CC[N+]1(C)CCCCC1.CC[N+]1(C)CCCCC1.CC[N+]1(C)CCCCC1.CC[N+]1(C)CCCCC1.N#CB([O-])[O-].N#CB([O-])[O-].N#CB([O-])[O-].N#CB([O-])[O-]. The highest BCUT2D eigenvalue weighted by atomic mass is 16.4. The molecule has 92 heavy (non-hydrogen) atoms. The van der Waals surface area contributed by atoms with Crippen LogP contribution in [0.5, 0.6) is 0 Å². The Morgan fingerprint density at radius 2 is 0.261 bits per heavy atom. The molecule has 8 saturated heterocycles. The molecular formula is C68H144B4N12O8. The second-order valence-corrected chi connectivity index (χ2v) is 29.4. The lowest BCUT2D eigenvalue weighted by atomic mass is 9.97. The van der Waals surface area contributed by atoms with E-state index in [1.165, 1.54) is 347 Å². The van der Waals surface area contributed by atoms with Gasteiger partial charge in [-0.15, -0.1) is 0 Å². The molecule has 536 valence electrons. The standard InChI is InChI=1S/8C8H18N.4CBNO2/c8*1-3-9(2)7-5-4-6-8-9;4*3-1-2(4)5/h8*3-8H2,1-2H3;;;;/q8*+1;4*-2. The van der Waals surface area contributed by atoms with Crippen molar-refractivity contribution in [2.75, 3.05) is 213 Å². The molecule has 8 aliphatic rings. The predicted octanol–water partition coefficient (Wildman–Crippen LogP) is 2.13. The van der Waals surface area contributed by atoms with Crippen molar-refractivity contribution in [1.82, 2.24) is 0 Å². The zero-order chi connectivity index (χ0) is 71.1. The van der Waals surface area contributed by atoms with Crippen LogP contribution < -0.4 is 40.2 Å². The Labute approximate surface area is 569 Å². The van der Waals surface area contributed by atoms with Crippen LogP contribution in [0.1, 0.15) is 209 Å². The minimum Gasteiger partial charge on any atom is -0.881 e. The summed E-state index contributed by atoms with van der Waals surface area (Å²) in [5.74, 6) is 3.67. The molecule has 0 atom stereocenters. The molecule has 0 bridgehead atoms. The number of quaternary nitrogens is 8. The normalized spacial score (nSPS) is 21.6. The van der Waals surface area contributed by atoms with Gasteiger partial charge in [0.15, 0.2) is 0 Å². The van der Waals surface area contributed by atoms with Crippen molar-refractivity contribution in [1.29, 1.82) is 21.0 Å². The fraction of sp³-hybridized carbons (Fsp3) is 0.941. The second kappa shape index (κ2) is 56.6. The van der Waals surface area contributed by atoms with E-state index in [0.717, 1.165) is 23.9 Å². The first-order valence-corrected chi connectivity index (χ1v) is 36.8. The van der Waals surface area contributed by atoms with Crippen LogP contribution in [0.2, 0.25) is 0 Å². The van der Waals surface area contributed by atoms with Crippen LogP contribution in [-0.4, -0.2) is 278 Å². The molecule has 8 fully saturated rings. The van der Waals surface area contributed by atoms with Gasteiger partial charge in [-0.3, -0.25) is 0 Å². The van der Waals surface area contributed by atoms with Crippen molar-refractivity contribution >= 4 is 28.5 Å². The number of rotatable bonds is 8. The van der Waals surface area contributed by atoms with E-state index in [4.69, 9.17) is 61.2 Å². The van der Waals surface area contributed by atoms with Gasteiger partial charge in [0.1, 0.15) is 0 Å². The first-order chi connectivity index (χ1) is 43.2. The summed E-state index contributed by atoms with van der Waals surface area (Å²) in [7, 11) is 9.75. The van der Waals surface area contributed by atoms with Crippen molar-refractivity contribution in [3.8, 4) is 23.9 Å². The third kappa shape index (κ3) is 54.7. The molecule has 0 unspecified atom stereocenters. The number of nitrogens with zero attached hydrogens (tertiary/aromatic N) is 12. The van der Waals surface area contributed by atoms with Gasteiger partial charge in [0.25, 0.3) is 0 Å². The van der Waals surface area contributed by atoms with Crippen molar-refractivity contribution in [2.24, 2.45) is 0 Å². The maximum Gasteiger partial charge on any atom is 0.0784 e. The monoisotopic (exact) mass is 1300 g/mol. The number of piperidine rings is 8. The molecule has 8 heterocycles. The molecule has 0 aromatic carbocycles. The Kier molecular flexibility index (Phi) is 59.0. The topological polar surface area (TPSA) is 280 Å². The van der Waals surface area contributed by atoms with Crippen LogP contribution in [0.15, 0.2) is 0 Å². The average molecular weight is 1300 g/mol. The van der Waals surface area contributed by atoms with E-state index in [2.05, 4.69) is 112 Å². The summed E-state index contributed by atoms with van der Waals surface area (Å²) < 4.78 is 10.6. The summed E-state index contributed by atoms with van der Waals surface area (Å²) in [4.78, 5) is 0. The molecule has 0 radical (unpaired) electrons. The highest BCUT2D eigenvalue weighted by Gasteiger charge is 2.27. The summed E-state index contributed by atoms with van der Waals surface area (Å²) in [5, 5.41) is 101. The smallest absolute Gasteiger partial charge is 0.0784 e. The molecule has 20 nitrogen and oxygen atoms in total. The van der Waals surface area contributed by atoms with Gasteiger partial charge in [0, 0.05) is 28.5 Å². The molecule has 0 aliphatic carbocycles. The maximum atomic E-state index is 8.98. The molecule has 0 aromatic rings. The molecule has 24 heteroatoms. The largest absolute Gasteiger partial charge is 0.881 e. The molecule has 0 aromatic heterocycles. The van der Waals surface area contributed by atoms with Gasteiger partial charge in [-0.25, -0.2) is 21.0 Å². The third-order valence-electron chi connectivity index (χ3n) is 21.7. The summed E-state index contributed by atoms with van der Waals surface area (Å²) in [6.45, 7) is 51.5. The van der Waals surface area contributed by atoms with Gasteiger partial charge < -0.3 is 76.1 Å². The highest BCUT2D eigenvalue weighted by molar-refractivity contribution is 6.47. The van der Waals surface area contributed by atoms with Gasteiger partial charge in [-0.2, -0.15) is 0 Å². The number of hydrogen-bond donors (Lipinski definition) is 0. The van der Waals surface area contributed by atoms with E-state index in [9.17, 15) is 0 Å². The molecule has 0 amide bonds. The van der Waals surface area contributed by atoms with Crippen molar-refractivity contribution < 1.29 is 76.1 Å². The van der Waals surface area contributed by atoms with Crippen LogP contribution >= 0.6 is 0 Å². The number of likely N-dealkylation sites (tertiary alicyclic amines) is 8. The molecule has 0 N–H and O–H groups in total. The summed E-state index contributed by atoms with van der Waals surface area (Å²) in [6, 6.07) is 0. The van der Waals surface area contributed by atoms with E-state index >= 15 is 0 Å². The van der Waals surface area contributed by atoms with Crippen LogP contribution in [-0.2, 0) is 0 Å². The first kappa shape index (κ1) is 96.0. The molecule has 8 rings (SSSR count). The zero-order valence-electron chi connectivity index (χ0n) is 62.9. The maximum absolute atomic E-state index is 8.98. The van der Waals surface area contributed by atoms with E-state index < -0.39 is 28.5 Å². The molecular weight excluding hydrogens is 1160 g/mol. The first-order valence-electron chi connectivity index (χ1n) is 36.8. The number of hydrogen-bond acceptors (Lipinski definition) is 12. The van der Waals surface area contributed by atoms with Crippen LogP contribution in [0.25, 0.3) is 0 Å². The minimum absolute atomic E-state index is 0.917. The Morgan fingerprint density at radius 3 is 0.293 bits per heavy atom. The van der Waals surface area contributed by atoms with Gasteiger partial charge in [-0.1, -0.05) is 0 Å². The van der Waals surface area contributed by atoms with Crippen molar-refractivity contribution in [2.45, 2.75) is 209 Å². The quantitative estimate of drug-likeness (QED) is 0.250. The minimum atomic E-state index is -2.31. The van der Waals surface area contributed by atoms with Gasteiger partial charge >= 0.3 is 0 Å². The average Bonchev–Trinajstić information content (AvgIpc) is 3.78. The predicted molar refractivity (Wildman–Crippen MR) is 368 cm³/mol. The molecule has 0 saturated carbocycles. The van der Waals surface area contributed by atoms with Gasteiger partial charge in [-0.05, 0) is 233 Å². The van der Waals surface area contributed by atoms with E-state index in [1.54, 1.807) is 0 Å². The Morgan fingerprint density at radius 1 is 0.196 bits per heavy atom. The molecule has 8 aliphatic heterocycles. The fourth-order valence-corrected chi connectivity index (χ4v) is 12.7. The van der Waals surface area contributed by atoms with Gasteiger partial charge in [0.2, 0.25) is 0 Å². The molecule has 0 spiro atoms. The summed E-state index contributed by atoms with van der Waals surface area (Å²) in [5.41, 5.74) is 0. The number of nitriles is 4. The Hall–Kier alpha value is -2.42. The second-order valence-electron chi connectivity index (χ2n) is 29.4. The lowest BCUT2D eigenvalue weighted by Gasteiger charge is -2.36.